The van der Waals surface area contributed by atoms with E-state index in [-0.39, 0.29) is 18.1 Å². The molecule has 0 unspecified atom stereocenters. The molecule has 0 spiro atoms. The van der Waals surface area contributed by atoms with Crippen molar-refractivity contribution in [1.82, 2.24) is 19.5 Å². The van der Waals surface area contributed by atoms with Crippen molar-refractivity contribution in [3.63, 3.8) is 0 Å². The molecule has 3 atom stereocenters. The van der Waals surface area contributed by atoms with Crippen molar-refractivity contribution in [2.24, 2.45) is 0 Å². The number of rotatable bonds is 5. The maximum Gasteiger partial charge on any atom is 0.349 e. The highest BCUT2D eigenvalue weighted by Gasteiger charge is 2.27. The van der Waals surface area contributed by atoms with Gasteiger partial charge in [0.25, 0.3) is 5.56 Å². The lowest BCUT2D eigenvalue weighted by molar-refractivity contribution is -0.0802. The predicted octanol–water partition coefficient (Wildman–Crippen LogP) is -1.72. The van der Waals surface area contributed by atoms with Crippen LogP contribution in [0.2, 0.25) is 0 Å². The summed E-state index contributed by atoms with van der Waals surface area (Å²) in [5.41, 5.74) is 1.11. The van der Waals surface area contributed by atoms with Crippen molar-refractivity contribution in [3.8, 4) is 11.5 Å². The van der Waals surface area contributed by atoms with Crippen LogP contribution in [-0.4, -0.2) is 64.9 Å². The summed E-state index contributed by atoms with van der Waals surface area (Å²) in [6, 6.07) is 3.53. The number of aromatic amines is 1. The highest BCUT2D eigenvalue weighted by atomic mass is 16.4. The molecule has 2 aliphatic heterocycles. The quantitative estimate of drug-likeness (QED) is 0.328. The number of aliphatic hydroxyl groups is 4. The number of aromatic nitrogens is 4. The maximum absolute atomic E-state index is 12.2. The van der Waals surface area contributed by atoms with Crippen LogP contribution in [0.5, 0.6) is 0 Å². The predicted molar refractivity (Wildman–Crippen MR) is 95.6 cm³/mol. The third-order valence-electron chi connectivity index (χ3n) is 4.57. The number of benzene rings is 1. The summed E-state index contributed by atoms with van der Waals surface area (Å²) in [6.07, 6.45) is -4.68. The van der Waals surface area contributed by atoms with E-state index < -0.39 is 36.2 Å². The molecule has 10 nitrogen and oxygen atoms in total. The van der Waals surface area contributed by atoms with E-state index in [0.717, 1.165) is 11.1 Å². The number of nitrogens with one attached hydrogen (secondary N) is 1. The van der Waals surface area contributed by atoms with Gasteiger partial charge in [-0.1, -0.05) is 0 Å². The first-order valence-corrected chi connectivity index (χ1v) is 8.29. The van der Waals surface area contributed by atoms with Gasteiger partial charge in [-0.05, 0) is 37.1 Å². The summed E-state index contributed by atoms with van der Waals surface area (Å²) in [7, 11) is 0. The Labute approximate surface area is 152 Å². The van der Waals surface area contributed by atoms with E-state index >= 15 is 0 Å². The molecule has 5 N–H and O–H groups in total. The normalized spacial score (nSPS) is 15.2. The van der Waals surface area contributed by atoms with Crippen molar-refractivity contribution in [2.75, 3.05) is 6.61 Å². The topological polar surface area (TPSA) is 162 Å². The summed E-state index contributed by atoms with van der Waals surface area (Å²) < 4.78 is 1.40. The fourth-order valence-electron chi connectivity index (χ4n) is 2.89. The second kappa shape index (κ2) is 7.16. The fourth-order valence-corrected chi connectivity index (χ4v) is 2.89. The van der Waals surface area contributed by atoms with E-state index in [9.17, 15) is 24.9 Å². The van der Waals surface area contributed by atoms with E-state index in [1.54, 1.807) is 12.1 Å². The zero-order valence-corrected chi connectivity index (χ0v) is 14.7. The largest absolute Gasteiger partial charge is 0.394 e. The lowest BCUT2D eigenvalue weighted by Gasteiger charge is -2.25. The van der Waals surface area contributed by atoms with Crippen LogP contribution >= 0.6 is 0 Å². The number of hydrogen-bond acceptors (Lipinski definition) is 8. The van der Waals surface area contributed by atoms with Crippen LogP contribution < -0.4 is 11.2 Å². The average Bonchev–Trinajstić information content (AvgIpc) is 2.62. The summed E-state index contributed by atoms with van der Waals surface area (Å²) in [6.45, 7) is 2.73. The summed E-state index contributed by atoms with van der Waals surface area (Å²) >= 11 is 0. The van der Waals surface area contributed by atoms with Gasteiger partial charge >= 0.3 is 5.69 Å². The second-order valence-electron chi connectivity index (χ2n) is 6.50. The van der Waals surface area contributed by atoms with Gasteiger partial charge in [-0.3, -0.25) is 9.78 Å². The molecule has 27 heavy (non-hydrogen) atoms. The number of hydrogen-bond donors (Lipinski definition) is 5. The second-order valence-corrected chi connectivity index (χ2v) is 6.50. The van der Waals surface area contributed by atoms with Gasteiger partial charge in [0.15, 0.2) is 11.5 Å². The number of nitrogens with zero attached hydrogens (tertiary/aromatic N) is 3. The zero-order chi connectivity index (χ0) is 19.9. The van der Waals surface area contributed by atoms with E-state index in [0.29, 0.717) is 11.0 Å². The van der Waals surface area contributed by atoms with Crippen LogP contribution in [0.3, 0.4) is 0 Å². The highest BCUT2D eigenvalue weighted by Crippen LogP contribution is 2.24. The molecule has 0 radical (unpaired) electrons. The third-order valence-corrected chi connectivity index (χ3v) is 4.57. The lowest BCUT2D eigenvalue weighted by Crippen LogP contribution is -2.42. The molecule has 0 saturated heterocycles. The first-order valence-electron chi connectivity index (χ1n) is 8.29. The first kappa shape index (κ1) is 19.1. The smallest absolute Gasteiger partial charge is 0.349 e. The summed E-state index contributed by atoms with van der Waals surface area (Å²) in [5.74, 6) is -0.0516. The first-order chi connectivity index (χ1) is 12.7. The third kappa shape index (κ3) is 3.47. The Balaban J connectivity index is 2.28. The van der Waals surface area contributed by atoms with Gasteiger partial charge in [-0.25, -0.2) is 9.78 Å². The number of aliphatic hydroxyl groups excluding tert-OH is 4. The molecular formula is C17H20N4O6. The molecule has 0 saturated carbocycles. The van der Waals surface area contributed by atoms with Gasteiger partial charge in [-0.15, -0.1) is 0 Å². The minimum Gasteiger partial charge on any atom is -0.394 e. The van der Waals surface area contributed by atoms with Crippen molar-refractivity contribution in [2.45, 2.75) is 38.7 Å². The number of fused-ring (bicyclic) bond motifs is 2. The number of H-pyrrole nitrogens is 1. The van der Waals surface area contributed by atoms with Gasteiger partial charge in [0, 0.05) is 0 Å². The van der Waals surface area contributed by atoms with Gasteiger partial charge < -0.3 is 25.0 Å². The van der Waals surface area contributed by atoms with Crippen molar-refractivity contribution < 1.29 is 20.4 Å². The number of aryl methyl sites for hydroxylation is 2. The SMILES string of the molecule is Cc1cc2nc3c(=O)[nH]c(=O)nc-3n(C[C@@H](O)[C@H](O)[C@@H](O)CO)c2cc1C. The molecule has 0 amide bonds. The Bertz CT molecular complexity index is 1080. The minimum absolute atomic E-state index is 0.0516. The lowest BCUT2D eigenvalue weighted by atomic mass is 10.1. The van der Waals surface area contributed by atoms with Crippen molar-refractivity contribution in [1.29, 1.82) is 0 Å². The zero-order valence-electron chi connectivity index (χ0n) is 14.7. The van der Waals surface area contributed by atoms with Gasteiger partial charge in [-0.2, -0.15) is 4.98 Å². The van der Waals surface area contributed by atoms with Crippen molar-refractivity contribution in [3.05, 3.63) is 44.1 Å². The average molecular weight is 376 g/mol. The van der Waals surface area contributed by atoms with E-state index in [2.05, 4.69) is 15.0 Å². The molecule has 0 fully saturated rings. The van der Waals surface area contributed by atoms with Gasteiger partial charge in [0.2, 0.25) is 0 Å². The van der Waals surface area contributed by atoms with Crippen molar-refractivity contribution >= 4 is 11.0 Å². The molecule has 1 aromatic rings. The molecule has 0 bridgehead atoms. The fraction of sp³-hybridized carbons (Fsp3) is 0.412. The Morgan fingerprint density at radius 2 is 1.74 bits per heavy atom. The van der Waals surface area contributed by atoms with Crippen LogP contribution in [0.4, 0.5) is 0 Å². The van der Waals surface area contributed by atoms with Crippen LogP contribution in [0.15, 0.2) is 21.7 Å². The van der Waals surface area contributed by atoms with E-state index in [1.165, 1.54) is 4.57 Å². The molecule has 2 aliphatic rings. The Morgan fingerprint density at radius 3 is 2.41 bits per heavy atom. The van der Waals surface area contributed by atoms with Crippen LogP contribution in [0, 0.1) is 13.8 Å². The molecule has 3 rings (SSSR count). The molecule has 2 heterocycles. The molecule has 1 aromatic carbocycles. The highest BCUT2D eigenvalue weighted by molar-refractivity contribution is 5.81. The molecule has 0 aliphatic carbocycles. The van der Waals surface area contributed by atoms with Crippen LogP contribution in [-0.2, 0) is 6.54 Å². The Morgan fingerprint density at radius 1 is 1.07 bits per heavy atom. The molecule has 0 aromatic heterocycles. The van der Waals surface area contributed by atoms with E-state index in [1.807, 2.05) is 13.8 Å². The molecule has 10 heteroatoms. The van der Waals surface area contributed by atoms with Gasteiger partial charge in [0.05, 0.1) is 24.2 Å². The monoisotopic (exact) mass is 376 g/mol. The van der Waals surface area contributed by atoms with Gasteiger partial charge in [0.1, 0.15) is 18.3 Å². The van der Waals surface area contributed by atoms with E-state index in [4.69, 9.17) is 5.11 Å². The molecular weight excluding hydrogens is 356 g/mol. The molecule has 144 valence electrons. The Kier molecular flexibility index (Phi) is 5.07. The maximum atomic E-state index is 12.2. The standard InChI is InChI=1S/C17H20N4O6/c1-7-3-9-10(4-8(7)2)21(5-11(23)14(25)12(24)6-22)15-13(18-9)16(26)20-17(27)19-15/h3-4,11-12,14,22-25H,5-6H2,1-2H3,(H,20,26,27)/t11-,12+,14+/m1/s1. The Hall–Kier alpha value is -2.66. The van der Waals surface area contributed by atoms with Crippen LogP contribution in [0.1, 0.15) is 11.1 Å². The minimum atomic E-state index is -1.64. The summed E-state index contributed by atoms with van der Waals surface area (Å²) in [5, 5.41) is 38.8. The summed E-state index contributed by atoms with van der Waals surface area (Å²) in [4.78, 5) is 34.0. The van der Waals surface area contributed by atoms with Crippen LogP contribution in [0.25, 0.3) is 22.6 Å².